The Morgan fingerprint density at radius 2 is 1.91 bits per heavy atom. The fraction of sp³-hybridized carbons (Fsp3) is 0.467. The molecular weight excluding hydrogens is 299 g/mol. The predicted molar refractivity (Wildman–Crippen MR) is 72.0 cm³/mol. The second kappa shape index (κ2) is 5.72. The number of aliphatic hydroxyl groups is 1. The monoisotopic (exact) mass is 315 g/mol. The van der Waals surface area contributed by atoms with E-state index in [0.29, 0.717) is 0 Å². The highest BCUT2D eigenvalue weighted by Crippen LogP contribution is 2.44. The first-order valence-corrected chi connectivity index (χ1v) is 6.78. The number of halogens is 3. The van der Waals surface area contributed by atoms with Crippen LogP contribution in [0.1, 0.15) is 28.8 Å². The number of rotatable bonds is 4. The van der Waals surface area contributed by atoms with Crippen LogP contribution in [0.5, 0.6) is 0 Å². The van der Waals surface area contributed by atoms with Gasteiger partial charge in [-0.15, -0.1) is 0 Å². The van der Waals surface area contributed by atoms with E-state index in [4.69, 9.17) is 5.11 Å². The number of amides is 1. The Balaban J connectivity index is 2.43. The van der Waals surface area contributed by atoms with Crippen LogP contribution in [0.2, 0.25) is 0 Å². The third kappa shape index (κ3) is 2.99. The minimum atomic E-state index is -4.65. The fourth-order valence-corrected chi connectivity index (χ4v) is 2.75. The lowest BCUT2D eigenvalue weighted by Gasteiger charge is -2.27. The molecule has 4 nitrogen and oxygen atoms in total. The maximum absolute atomic E-state index is 12.9. The molecule has 1 saturated heterocycles. The average molecular weight is 315 g/mol. The Labute approximate surface area is 125 Å². The quantitative estimate of drug-likeness (QED) is 0.685. The van der Waals surface area contributed by atoms with Gasteiger partial charge in [0.25, 0.3) is 0 Å². The van der Waals surface area contributed by atoms with E-state index in [2.05, 4.69) is 0 Å². The molecule has 1 aromatic rings. The van der Waals surface area contributed by atoms with Crippen molar-refractivity contribution in [3.63, 3.8) is 0 Å². The van der Waals surface area contributed by atoms with Gasteiger partial charge in [0.05, 0.1) is 6.42 Å². The van der Waals surface area contributed by atoms with Crippen molar-refractivity contribution in [2.24, 2.45) is 5.41 Å². The molecule has 7 heteroatoms. The highest BCUT2D eigenvalue weighted by Gasteiger charge is 2.57. The van der Waals surface area contributed by atoms with Gasteiger partial charge in [0.15, 0.2) is 5.78 Å². The summed E-state index contributed by atoms with van der Waals surface area (Å²) in [5, 5.41) is 9.07. The van der Waals surface area contributed by atoms with E-state index in [9.17, 15) is 22.8 Å². The molecule has 1 aliphatic heterocycles. The molecule has 1 aromatic carbocycles. The summed E-state index contributed by atoms with van der Waals surface area (Å²) < 4.78 is 38.7. The van der Waals surface area contributed by atoms with Gasteiger partial charge >= 0.3 is 6.18 Å². The maximum Gasteiger partial charge on any atom is 0.390 e. The molecule has 1 fully saturated rings. The number of benzene rings is 1. The van der Waals surface area contributed by atoms with Gasteiger partial charge in [-0.1, -0.05) is 29.8 Å². The lowest BCUT2D eigenvalue weighted by molar-refractivity contribution is -0.164. The Morgan fingerprint density at radius 3 is 2.36 bits per heavy atom. The van der Waals surface area contributed by atoms with Crippen LogP contribution in [0, 0.1) is 12.3 Å². The third-order valence-corrected chi connectivity index (χ3v) is 3.93. The zero-order valence-electron chi connectivity index (χ0n) is 12.0. The molecule has 1 aliphatic rings. The van der Waals surface area contributed by atoms with E-state index in [-0.39, 0.29) is 18.5 Å². The minimum absolute atomic E-state index is 0.0665. The van der Waals surface area contributed by atoms with E-state index in [1.54, 1.807) is 19.1 Å². The van der Waals surface area contributed by atoms with Gasteiger partial charge in [0.1, 0.15) is 12.1 Å². The minimum Gasteiger partial charge on any atom is -0.376 e. The van der Waals surface area contributed by atoms with Crippen LogP contribution in [0.4, 0.5) is 13.2 Å². The lowest BCUT2D eigenvalue weighted by atomic mass is 9.75. The van der Waals surface area contributed by atoms with Crippen LogP contribution in [0.3, 0.4) is 0 Å². The Hall–Kier alpha value is -1.89. The average Bonchev–Trinajstić information content (AvgIpc) is 2.75. The summed E-state index contributed by atoms with van der Waals surface area (Å²) in [5.41, 5.74) is -1.24. The number of aliphatic hydroxyl groups excluding tert-OH is 1. The molecule has 1 amide bonds. The summed E-state index contributed by atoms with van der Waals surface area (Å²) in [5.74, 6) is -1.80. The number of aryl methyl sites for hydroxylation is 1. The zero-order chi connectivity index (χ0) is 16.5. The number of ketones is 1. The van der Waals surface area contributed by atoms with Crippen LogP contribution >= 0.6 is 0 Å². The van der Waals surface area contributed by atoms with E-state index in [0.717, 1.165) is 10.5 Å². The molecule has 120 valence electrons. The lowest BCUT2D eigenvalue weighted by Crippen LogP contribution is -2.43. The number of Topliss-reactive ketones (excluding diaryl/α,β-unsaturated/α-hetero) is 1. The molecule has 2 rings (SSSR count). The predicted octanol–water partition coefficient (Wildman–Crippen LogP) is 2.30. The number of nitrogens with zero attached hydrogens (tertiary/aromatic N) is 1. The van der Waals surface area contributed by atoms with Crippen molar-refractivity contribution in [3.05, 3.63) is 35.4 Å². The summed E-state index contributed by atoms with van der Waals surface area (Å²) in [6.07, 6.45) is -6.41. The van der Waals surface area contributed by atoms with Crippen LogP contribution in [-0.4, -0.2) is 41.1 Å². The zero-order valence-corrected chi connectivity index (χ0v) is 12.0. The van der Waals surface area contributed by atoms with Crippen molar-refractivity contribution in [3.8, 4) is 0 Å². The highest BCUT2D eigenvalue weighted by molar-refractivity contribution is 6.14. The third-order valence-electron chi connectivity index (χ3n) is 3.93. The summed E-state index contributed by atoms with van der Waals surface area (Å²) in [7, 11) is 0. The summed E-state index contributed by atoms with van der Waals surface area (Å²) in [4.78, 5) is 25.7. The van der Waals surface area contributed by atoms with Gasteiger partial charge in [-0.25, -0.2) is 0 Å². The number of carbonyl (C=O) groups excluding carboxylic acids is 2. The number of hydrogen-bond acceptors (Lipinski definition) is 3. The van der Waals surface area contributed by atoms with Crippen molar-refractivity contribution in [1.82, 2.24) is 4.90 Å². The molecule has 0 aromatic heterocycles. The van der Waals surface area contributed by atoms with Crippen molar-refractivity contribution < 1.29 is 27.9 Å². The topological polar surface area (TPSA) is 57.6 Å². The molecule has 0 bridgehead atoms. The number of likely N-dealkylation sites (tertiary alicyclic amines) is 1. The molecule has 0 aliphatic carbocycles. The Bertz CT molecular complexity index is 583. The molecular formula is C15H16F3NO3. The largest absolute Gasteiger partial charge is 0.390 e. The second-order valence-electron chi connectivity index (χ2n) is 5.53. The van der Waals surface area contributed by atoms with E-state index in [1.807, 2.05) is 0 Å². The van der Waals surface area contributed by atoms with Crippen LogP contribution in [0.15, 0.2) is 24.3 Å². The molecule has 22 heavy (non-hydrogen) atoms. The maximum atomic E-state index is 12.9. The van der Waals surface area contributed by atoms with Gasteiger partial charge in [-0.2, -0.15) is 13.2 Å². The summed E-state index contributed by atoms with van der Waals surface area (Å²) >= 11 is 0. The van der Waals surface area contributed by atoms with Gasteiger partial charge in [-0.05, 0) is 13.3 Å². The molecule has 1 atom stereocenters. The SMILES string of the molecule is Cc1ccc(C(=O)[C@]2(CC(F)(F)F)CCN(CO)C2=O)cc1. The molecule has 0 unspecified atom stereocenters. The van der Waals surface area contributed by atoms with Gasteiger partial charge < -0.3 is 10.0 Å². The highest BCUT2D eigenvalue weighted by atomic mass is 19.4. The van der Waals surface area contributed by atoms with Crippen LogP contribution in [0.25, 0.3) is 0 Å². The van der Waals surface area contributed by atoms with Crippen molar-refractivity contribution in [2.75, 3.05) is 13.3 Å². The van der Waals surface area contributed by atoms with E-state index >= 15 is 0 Å². The molecule has 1 N–H and O–H groups in total. The first kappa shape index (κ1) is 16.5. The Morgan fingerprint density at radius 1 is 1.32 bits per heavy atom. The smallest absolute Gasteiger partial charge is 0.376 e. The van der Waals surface area contributed by atoms with E-state index < -0.39 is 36.4 Å². The first-order valence-electron chi connectivity index (χ1n) is 6.78. The molecule has 0 saturated carbocycles. The fourth-order valence-electron chi connectivity index (χ4n) is 2.75. The van der Waals surface area contributed by atoms with Crippen LogP contribution < -0.4 is 0 Å². The van der Waals surface area contributed by atoms with E-state index in [1.165, 1.54) is 12.1 Å². The first-order chi connectivity index (χ1) is 10.2. The van der Waals surface area contributed by atoms with Crippen molar-refractivity contribution in [1.29, 1.82) is 0 Å². The number of carbonyl (C=O) groups is 2. The van der Waals surface area contributed by atoms with Gasteiger partial charge in [-0.3, -0.25) is 9.59 Å². The normalized spacial score (nSPS) is 22.2. The Kier molecular flexibility index (Phi) is 4.28. The molecule has 0 spiro atoms. The summed E-state index contributed by atoms with van der Waals surface area (Å²) in [6, 6.07) is 6.06. The second-order valence-corrected chi connectivity index (χ2v) is 5.53. The standard InChI is InChI=1S/C15H16F3NO3/c1-10-2-4-11(5-3-10)12(21)14(8-15(16,17)18)6-7-19(9-20)13(14)22/h2-5,20H,6-9H2,1H3/t14-/m1/s1. The van der Waals surface area contributed by atoms with Gasteiger partial charge in [0, 0.05) is 12.1 Å². The van der Waals surface area contributed by atoms with Crippen molar-refractivity contribution >= 4 is 11.7 Å². The summed E-state index contributed by atoms with van der Waals surface area (Å²) in [6.45, 7) is 1.02. The molecule has 1 heterocycles. The van der Waals surface area contributed by atoms with Gasteiger partial charge in [0.2, 0.25) is 5.91 Å². The number of hydrogen-bond donors (Lipinski definition) is 1. The van der Waals surface area contributed by atoms with Crippen LogP contribution in [-0.2, 0) is 4.79 Å². The molecule has 0 radical (unpaired) electrons. The number of alkyl halides is 3. The van der Waals surface area contributed by atoms with Crippen molar-refractivity contribution in [2.45, 2.75) is 25.9 Å².